The average Bonchev–Trinajstić information content (AvgIpc) is 2.67. The number of benzene rings is 2. The van der Waals surface area contributed by atoms with E-state index in [0.29, 0.717) is 29.3 Å². The molecule has 2 aromatic carbocycles. The van der Waals surface area contributed by atoms with Gasteiger partial charge in [0, 0.05) is 25.1 Å². The second kappa shape index (κ2) is 10.1. The molecule has 27 heavy (non-hydrogen) atoms. The van der Waals surface area contributed by atoms with Crippen molar-refractivity contribution in [3.05, 3.63) is 65.7 Å². The number of hydrogen-bond donors (Lipinski definition) is 3. The Morgan fingerprint density at radius 1 is 0.852 bits per heavy atom. The van der Waals surface area contributed by atoms with Crippen molar-refractivity contribution in [1.29, 1.82) is 0 Å². The Morgan fingerprint density at radius 3 is 2.22 bits per heavy atom. The number of carbonyl (C=O) groups is 3. The van der Waals surface area contributed by atoms with E-state index in [-0.39, 0.29) is 30.7 Å². The normalized spacial score (nSPS) is 10.3. The third-order valence-corrected chi connectivity index (χ3v) is 3.79. The van der Waals surface area contributed by atoms with Gasteiger partial charge < -0.3 is 16.0 Å². The molecule has 0 heterocycles. The van der Waals surface area contributed by atoms with Gasteiger partial charge in [0.05, 0.1) is 11.3 Å². The zero-order chi connectivity index (χ0) is 19.6. The first-order valence-electron chi connectivity index (χ1n) is 8.97. The maximum Gasteiger partial charge on any atom is 0.253 e. The molecule has 0 spiro atoms. The summed E-state index contributed by atoms with van der Waals surface area (Å²) < 4.78 is 0. The van der Waals surface area contributed by atoms with Crippen LogP contribution in [0.3, 0.4) is 0 Å². The summed E-state index contributed by atoms with van der Waals surface area (Å²) in [6.07, 6.45) is 0.112. The van der Waals surface area contributed by atoms with Gasteiger partial charge in [-0.3, -0.25) is 14.4 Å². The van der Waals surface area contributed by atoms with Crippen LogP contribution in [0.25, 0.3) is 0 Å². The van der Waals surface area contributed by atoms with Gasteiger partial charge in [-0.25, -0.2) is 0 Å². The number of rotatable bonds is 8. The molecule has 2 aromatic rings. The molecule has 0 aliphatic carbocycles. The minimum Gasteiger partial charge on any atom is -0.352 e. The quantitative estimate of drug-likeness (QED) is 0.670. The Hall–Kier alpha value is -3.15. The van der Waals surface area contributed by atoms with Gasteiger partial charge in [0.25, 0.3) is 11.8 Å². The lowest BCUT2D eigenvalue weighted by atomic mass is 10.1. The Kier molecular flexibility index (Phi) is 7.55. The summed E-state index contributed by atoms with van der Waals surface area (Å²) in [5, 5.41) is 8.29. The van der Waals surface area contributed by atoms with E-state index in [1.54, 1.807) is 48.5 Å². The van der Waals surface area contributed by atoms with E-state index < -0.39 is 0 Å². The molecule has 0 aliphatic rings. The summed E-state index contributed by atoms with van der Waals surface area (Å²) in [4.78, 5) is 36.4. The van der Waals surface area contributed by atoms with Gasteiger partial charge in [-0.15, -0.1) is 0 Å². The Morgan fingerprint density at radius 2 is 1.52 bits per heavy atom. The molecule has 2 rings (SSSR count). The summed E-state index contributed by atoms with van der Waals surface area (Å²) in [6.45, 7) is 4.79. The van der Waals surface area contributed by atoms with E-state index in [0.717, 1.165) is 0 Å². The molecule has 0 bridgehead atoms. The third-order valence-electron chi connectivity index (χ3n) is 3.79. The smallest absolute Gasteiger partial charge is 0.253 e. The molecular weight excluding hydrogens is 342 g/mol. The van der Waals surface area contributed by atoms with Crippen LogP contribution in [0.1, 0.15) is 41.0 Å². The maximum atomic E-state index is 12.3. The van der Waals surface area contributed by atoms with Gasteiger partial charge in [-0.1, -0.05) is 44.2 Å². The van der Waals surface area contributed by atoms with Crippen LogP contribution in [0.15, 0.2) is 54.6 Å². The number of amides is 3. The van der Waals surface area contributed by atoms with Crippen molar-refractivity contribution < 1.29 is 14.4 Å². The van der Waals surface area contributed by atoms with E-state index >= 15 is 0 Å². The summed E-state index contributed by atoms with van der Waals surface area (Å²) in [5.41, 5.74) is 1.42. The van der Waals surface area contributed by atoms with Crippen LogP contribution in [-0.4, -0.2) is 30.8 Å². The second-order valence-electron chi connectivity index (χ2n) is 6.57. The van der Waals surface area contributed by atoms with Crippen LogP contribution in [0, 0.1) is 5.92 Å². The highest BCUT2D eigenvalue weighted by Crippen LogP contribution is 2.15. The molecule has 3 amide bonds. The van der Waals surface area contributed by atoms with Crippen molar-refractivity contribution in [2.24, 2.45) is 5.92 Å². The molecule has 0 radical (unpaired) electrons. The molecule has 0 fully saturated rings. The predicted molar refractivity (Wildman–Crippen MR) is 106 cm³/mol. The largest absolute Gasteiger partial charge is 0.352 e. The standard InChI is InChI=1S/C21H25N3O3/c1-15(2)14-23-21(27)17-10-6-7-11-18(17)24-19(25)12-13-22-20(26)16-8-4-3-5-9-16/h3-11,15H,12-14H2,1-2H3,(H,22,26)(H,23,27)(H,24,25). The molecular formula is C21H25N3O3. The summed E-state index contributed by atoms with van der Waals surface area (Å²) in [5.74, 6) is -0.384. The van der Waals surface area contributed by atoms with Crippen molar-refractivity contribution in [3.8, 4) is 0 Å². The Labute approximate surface area is 159 Å². The monoisotopic (exact) mass is 367 g/mol. The number of carbonyl (C=O) groups excluding carboxylic acids is 3. The third kappa shape index (κ3) is 6.58. The Bertz CT molecular complexity index is 788. The minimum absolute atomic E-state index is 0.112. The fourth-order valence-electron chi connectivity index (χ4n) is 2.38. The second-order valence-corrected chi connectivity index (χ2v) is 6.57. The highest BCUT2D eigenvalue weighted by Gasteiger charge is 2.13. The molecule has 0 saturated heterocycles. The first-order valence-corrected chi connectivity index (χ1v) is 8.97. The van der Waals surface area contributed by atoms with Gasteiger partial charge in [-0.05, 0) is 30.2 Å². The summed E-state index contributed by atoms with van der Waals surface area (Å²) >= 11 is 0. The van der Waals surface area contributed by atoms with Gasteiger partial charge in [-0.2, -0.15) is 0 Å². The fourth-order valence-corrected chi connectivity index (χ4v) is 2.38. The molecule has 3 N–H and O–H groups in total. The zero-order valence-electron chi connectivity index (χ0n) is 15.6. The van der Waals surface area contributed by atoms with Crippen molar-refractivity contribution in [3.63, 3.8) is 0 Å². The Balaban J connectivity index is 1.87. The van der Waals surface area contributed by atoms with Gasteiger partial charge >= 0.3 is 0 Å². The number of anilines is 1. The lowest BCUT2D eigenvalue weighted by Crippen LogP contribution is -2.29. The van der Waals surface area contributed by atoms with Crippen LogP contribution >= 0.6 is 0 Å². The highest BCUT2D eigenvalue weighted by molar-refractivity contribution is 6.03. The molecule has 0 aliphatic heterocycles. The first kappa shape index (κ1) is 20.2. The van der Waals surface area contributed by atoms with Gasteiger partial charge in [0.2, 0.25) is 5.91 Å². The molecule has 6 heteroatoms. The van der Waals surface area contributed by atoms with E-state index in [9.17, 15) is 14.4 Å². The van der Waals surface area contributed by atoms with E-state index in [1.165, 1.54) is 0 Å². The van der Waals surface area contributed by atoms with Crippen LogP contribution in [-0.2, 0) is 4.79 Å². The zero-order valence-corrected chi connectivity index (χ0v) is 15.6. The SMILES string of the molecule is CC(C)CNC(=O)c1ccccc1NC(=O)CCNC(=O)c1ccccc1. The van der Waals surface area contributed by atoms with Gasteiger partial charge in [0.1, 0.15) is 0 Å². The number of para-hydroxylation sites is 1. The maximum absolute atomic E-state index is 12.3. The van der Waals surface area contributed by atoms with Crippen LogP contribution in [0.2, 0.25) is 0 Å². The fraction of sp³-hybridized carbons (Fsp3) is 0.286. The van der Waals surface area contributed by atoms with Crippen molar-refractivity contribution in [2.45, 2.75) is 20.3 Å². The molecule has 6 nitrogen and oxygen atoms in total. The molecule has 0 unspecified atom stereocenters. The number of nitrogens with one attached hydrogen (secondary N) is 3. The summed E-state index contributed by atoms with van der Waals surface area (Å²) in [6, 6.07) is 15.7. The topological polar surface area (TPSA) is 87.3 Å². The van der Waals surface area contributed by atoms with Crippen molar-refractivity contribution >= 4 is 23.4 Å². The lowest BCUT2D eigenvalue weighted by Gasteiger charge is -2.12. The van der Waals surface area contributed by atoms with Crippen LogP contribution < -0.4 is 16.0 Å². The molecule has 0 saturated carbocycles. The molecule has 0 aromatic heterocycles. The summed E-state index contributed by atoms with van der Waals surface area (Å²) in [7, 11) is 0. The predicted octanol–water partition coefficient (Wildman–Crippen LogP) is 2.83. The first-order chi connectivity index (χ1) is 13.0. The van der Waals surface area contributed by atoms with Crippen LogP contribution in [0.5, 0.6) is 0 Å². The lowest BCUT2D eigenvalue weighted by molar-refractivity contribution is -0.116. The van der Waals surface area contributed by atoms with E-state index in [4.69, 9.17) is 0 Å². The molecule has 142 valence electrons. The minimum atomic E-state index is -0.271. The average molecular weight is 367 g/mol. The van der Waals surface area contributed by atoms with Crippen molar-refractivity contribution in [1.82, 2.24) is 10.6 Å². The number of hydrogen-bond acceptors (Lipinski definition) is 3. The van der Waals surface area contributed by atoms with E-state index in [1.807, 2.05) is 19.9 Å². The molecule has 0 atom stereocenters. The van der Waals surface area contributed by atoms with Crippen LogP contribution in [0.4, 0.5) is 5.69 Å². The highest BCUT2D eigenvalue weighted by atomic mass is 16.2. The van der Waals surface area contributed by atoms with E-state index in [2.05, 4.69) is 16.0 Å². The van der Waals surface area contributed by atoms with Crippen molar-refractivity contribution in [2.75, 3.05) is 18.4 Å². The van der Waals surface area contributed by atoms with Gasteiger partial charge in [0.15, 0.2) is 0 Å².